The van der Waals surface area contributed by atoms with E-state index in [4.69, 9.17) is 0 Å². The first-order valence-corrected chi connectivity index (χ1v) is 11.9. The molecule has 6 nitrogen and oxygen atoms in total. The Morgan fingerprint density at radius 2 is 1.62 bits per heavy atom. The van der Waals surface area contributed by atoms with E-state index < -0.39 is 0 Å². The van der Waals surface area contributed by atoms with Crippen LogP contribution in [0.3, 0.4) is 0 Å². The van der Waals surface area contributed by atoms with Crippen molar-refractivity contribution in [3.8, 4) is 0 Å². The number of amides is 1. The van der Waals surface area contributed by atoms with Crippen LogP contribution in [-0.2, 0) is 0 Å². The maximum Gasteiger partial charge on any atom is 0.251 e. The molecule has 2 aromatic carbocycles. The van der Waals surface area contributed by atoms with Crippen LogP contribution in [0.4, 0.5) is 11.4 Å². The number of pyridine rings is 1. The van der Waals surface area contributed by atoms with Crippen LogP contribution in [0.15, 0.2) is 73.1 Å². The van der Waals surface area contributed by atoms with Gasteiger partial charge in [-0.15, -0.1) is 0 Å². The summed E-state index contributed by atoms with van der Waals surface area (Å²) in [7, 11) is 2.17. The summed E-state index contributed by atoms with van der Waals surface area (Å²) in [5.41, 5.74) is 4.73. The van der Waals surface area contributed by atoms with E-state index in [2.05, 4.69) is 56.7 Å². The van der Waals surface area contributed by atoms with Crippen LogP contribution in [0.5, 0.6) is 0 Å². The van der Waals surface area contributed by atoms with Crippen molar-refractivity contribution in [3.05, 3.63) is 89.7 Å². The Labute approximate surface area is 202 Å². The second-order valence-corrected chi connectivity index (χ2v) is 8.70. The first-order valence-electron chi connectivity index (χ1n) is 11.9. The first kappa shape index (κ1) is 23.7. The molecule has 1 aliphatic heterocycles. The van der Waals surface area contributed by atoms with Crippen molar-refractivity contribution in [3.63, 3.8) is 0 Å². The van der Waals surface area contributed by atoms with Crippen LogP contribution >= 0.6 is 0 Å². The van der Waals surface area contributed by atoms with Gasteiger partial charge in [-0.25, -0.2) is 0 Å². The highest BCUT2D eigenvalue weighted by molar-refractivity contribution is 5.95. The number of anilines is 2. The highest BCUT2D eigenvalue weighted by Gasteiger charge is 2.13. The van der Waals surface area contributed by atoms with E-state index >= 15 is 0 Å². The molecule has 0 atom stereocenters. The number of benzene rings is 2. The van der Waals surface area contributed by atoms with Gasteiger partial charge in [0.15, 0.2) is 0 Å². The Kier molecular flexibility index (Phi) is 8.43. The quantitative estimate of drug-likeness (QED) is 0.470. The predicted molar refractivity (Wildman–Crippen MR) is 140 cm³/mol. The maximum atomic E-state index is 12.6. The third kappa shape index (κ3) is 7.27. The highest BCUT2D eigenvalue weighted by atomic mass is 16.1. The van der Waals surface area contributed by atoms with Crippen molar-refractivity contribution < 1.29 is 4.79 Å². The molecular formula is C28H33N5O. The van der Waals surface area contributed by atoms with Crippen molar-refractivity contribution in [1.82, 2.24) is 20.1 Å². The van der Waals surface area contributed by atoms with Gasteiger partial charge in [-0.1, -0.05) is 30.4 Å². The molecule has 4 rings (SSSR count). The summed E-state index contributed by atoms with van der Waals surface area (Å²) in [6, 6.07) is 19.8. The monoisotopic (exact) mass is 455 g/mol. The zero-order valence-electron chi connectivity index (χ0n) is 19.8. The fraction of sp³-hybridized carbons (Fsp3) is 0.286. The second-order valence-electron chi connectivity index (χ2n) is 8.70. The Hall–Kier alpha value is -3.48. The van der Waals surface area contributed by atoms with Gasteiger partial charge in [0.1, 0.15) is 0 Å². The van der Waals surface area contributed by atoms with Gasteiger partial charge in [-0.3, -0.25) is 9.78 Å². The van der Waals surface area contributed by atoms with Gasteiger partial charge >= 0.3 is 0 Å². The van der Waals surface area contributed by atoms with E-state index in [1.807, 2.05) is 48.5 Å². The standard InChI is InChI=1S/C28H33N5O/c1-32-17-19-33(20-18-32)16-4-13-30-28(34)25-6-3-8-27(22-25)31-26-7-2-5-24(21-26)10-9-23-11-14-29-15-12-23/h2-3,5-12,14-15,21-22,31H,4,13,16-20H2,1H3,(H,30,34). The number of hydrogen-bond donors (Lipinski definition) is 2. The molecule has 1 amide bonds. The summed E-state index contributed by atoms with van der Waals surface area (Å²) in [5, 5.41) is 6.48. The fourth-order valence-corrected chi connectivity index (χ4v) is 3.97. The number of aromatic nitrogens is 1. The molecule has 0 bridgehead atoms. The minimum Gasteiger partial charge on any atom is -0.355 e. The van der Waals surface area contributed by atoms with E-state index in [1.54, 1.807) is 12.4 Å². The smallest absolute Gasteiger partial charge is 0.251 e. The lowest BCUT2D eigenvalue weighted by Gasteiger charge is -2.32. The molecule has 1 saturated heterocycles. The SMILES string of the molecule is CN1CCN(CCCNC(=O)c2cccc(Nc3cccc(C=Cc4ccncc4)c3)c2)CC1. The zero-order valence-corrected chi connectivity index (χ0v) is 19.8. The van der Waals surface area contributed by atoms with Crippen molar-refractivity contribution in [2.24, 2.45) is 0 Å². The topological polar surface area (TPSA) is 60.5 Å². The number of nitrogens with zero attached hydrogens (tertiary/aromatic N) is 3. The van der Waals surface area contributed by atoms with Crippen LogP contribution in [0, 0.1) is 0 Å². The van der Waals surface area contributed by atoms with Crippen LogP contribution in [0.2, 0.25) is 0 Å². The molecule has 176 valence electrons. The molecule has 6 heteroatoms. The number of carbonyl (C=O) groups is 1. The Balaban J connectivity index is 1.28. The van der Waals surface area contributed by atoms with E-state index in [-0.39, 0.29) is 5.91 Å². The molecule has 3 aromatic rings. The second kappa shape index (κ2) is 12.1. The number of hydrogen-bond acceptors (Lipinski definition) is 5. The third-order valence-corrected chi connectivity index (χ3v) is 6.01. The van der Waals surface area contributed by atoms with Gasteiger partial charge in [-0.05, 0) is 73.6 Å². The molecule has 0 spiro atoms. The van der Waals surface area contributed by atoms with Crippen molar-refractivity contribution in [1.29, 1.82) is 0 Å². The minimum absolute atomic E-state index is 0.0314. The van der Waals surface area contributed by atoms with Crippen LogP contribution in [0.1, 0.15) is 27.9 Å². The molecule has 0 unspecified atom stereocenters. The predicted octanol–water partition coefficient (Wildman–Crippen LogP) is 4.36. The van der Waals surface area contributed by atoms with E-state index in [9.17, 15) is 4.79 Å². The molecular weight excluding hydrogens is 422 g/mol. The average molecular weight is 456 g/mol. The lowest BCUT2D eigenvalue weighted by atomic mass is 10.1. The molecule has 1 fully saturated rings. The maximum absolute atomic E-state index is 12.6. The minimum atomic E-state index is -0.0314. The highest BCUT2D eigenvalue weighted by Crippen LogP contribution is 2.20. The summed E-state index contributed by atoms with van der Waals surface area (Å²) in [4.78, 5) is 21.5. The van der Waals surface area contributed by atoms with E-state index in [0.29, 0.717) is 12.1 Å². The zero-order chi connectivity index (χ0) is 23.6. The summed E-state index contributed by atoms with van der Waals surface area (Å²) in [6.07, 6.45) is 8.68. The van der Waals surface area contributed by atoms with Crippen molar-refractivity contribution in [2.45, 2.75) is 6.42 Å². The van der Waals surface area contributed by atoms with Crippen molar-refractivity contribution in [2.75, 3.05) is 51.6 Å². The fourth-order valence-electron chi connectivity index (χ4n) is 3.97. The number of carbonyl (C=O) groups excluding carboxylic acids is 1. The summed E-state index contributed by atoms with van der Waals surface area (Å²) in [5.74, 6) is -0.0314. The summed E-state index contributed by atoms with van der Waals surface area (Å²) in [6.45, 7) is 6.18. The number of likely N-dealkylation sites (N-methyl/N-ethyl adjacent to an activating group) is 1. The molecule has 1 aromatic heterocycles. The van der Waals surface area contributed by atoms with Gasteiger partial charge in [-0.2, -0.15) is 0 Å². The van der Waals surface area contributed by atoms with Gasteiger partial charge in [0, 0.05) is 62.1 Å². The first-order chi connectivity index (χ1) is 16.7. The van der Waals surface area contributed by atoms with E-state index in [1.165, 1.54) is 0 Å². The molecule has 34 heavy (non-hydrogen) atoms. The largest absolute Gasteiger partial charge is 0.355 e. The van der Waals surface area contributed by atoms with Gasteiger partial charge in [0.05, 0.1) is 0 Å². The molecule has 0 radical (unpaired) electrons. The molecule has 0 aliphatic carbocycles. The third-order valence-electron chi connectivity index (χ3n) is 6.01. The lowest BCUT2D eigenvalue weighted by Crippen LogP contribution is -2.45. The van der Waals surface area contributed by atoms with E-state index in [0.717, 1.165) is 61.6 Å². The summed E-state index contributed by atoms with van der Waals surface area (Å²) >= 11 is 0. The number of nitrogens with one attached hydrogen (secondary N) is 2. The van der Waals surface area contributed by atoms with Crippen LogP contribution in [-0.4, -0.2) is 67.0 Å². The Bertz CT molecular complexity index is 1090. The molecule has 2 heterocycles. The molecule has 2 N–H and O–H groups in total. The van der Waals surface area contributed by atoms with Gasteiger partial charge < -0.3 is 20.4 Å². The lowest BCUT2D eigenvalue weighted by molar-refractivity contribution is 0.0949. The van der Waals surface area contributed by atoms with Gasteiger partial charge in [0.2, 0.25) is 0 Å². The van der Waals surface area contributed by atoms with Crippen LogP contribution < -0.4 is 10.6 Å². The Morgan fingerprint density at radius 3 is 2.41 bits per heavy atom. The van der Waals surface area contributed by atoms with Crippen LogP contribution in [0.25, 0.3) is 12.2 Å². The average Bonchev–Trinajstić information content (AvgIpc) is 2.87. The number of rotatable bonds is 9. The normalized spacial score (nSPS) is 14.9. The van der Waals surface area contributed by atoms with Crippen molar-refractivity contribution >= 4 is 29.4 Å². The molecule has 0 saturated carbocycles. The summed E-state index contributed by atoms with van der Waals surface area (Å²) < 4.78 is 0. The van der Waals surface area contributed by atoms with Gasteiger partial charge in [0.25, 0.3) is 5.91 Å². The number of piperazine rings is 1. The molecule has 1 aliphatic rings. The Morgan fingerprint density at radius 1 is 0.912 bits per heavy atom.